The van der Waals surface area contributed by atoms with E-state index in [0.717, 1.165) is 25.3 Å². The molecule has 0 unspecified atom stereocenters. The molecule has 2 aliphatic heterocycles. The highest BCUT2D eigenvalue weighted by atomic mass is 35.5. The number of halogens is 1. The number of ether oxygens (including phenoxy) is 1. The van der Waals surface area contributed by atoms with Gasteiger partial charge in [-0.3, -0.25) is 4.79 Å². The van der Waals surface area contributed by atoms with Gasteiger partial charge in [0.05, 0.1) is 17.5 Å². The molecule has 0 aromatic heterocycles. The molecule has 3 aliphatic rings. The molecule has 1 saturated carbocycles. The highest BCUT2D eigenvalue weighted by molar-refractivity contribution is 7.99. The van der Waals surface area contributed by atoms with Crippen molar-refractivity contribution < 1.29 is 24.9 Å². The van der Waals surface area contributed by atoms with Crippen LogP contribution >= 0.6 is 23.4 Å². The monoisotopic (exact) mass is 436 g/mol. The van der Waals surface area contributed by atoms with Gasteiger partial charge in [-0.15, -0.1) is 23.4 Å². The predicted molar refractivity (Wildman–Crippen MR) is 109 cm³/mol. The number of aliphatic hydroxyl groups is 3. The van der Waals surface area contributed by atoms with Crippen molar-refractivity contribution in [1.29, 1.82) is 0 Å². The Labute approximate surface area is 175 Å². The van der Waals surface area contributed by atoms with E-state index in [4.69, 9.17) is 16.3 Å². The van der Waals surface area contributed by atoms with E-state index in [1.165, 1.54) is 31.0 Å². The van der Waals surface area contributed by atoms with Crippen LogP contribution in [0.2, 0.25) is 0 Å². The maximum Gasteiger partial charge on any atom is 0.237 e. The Bertz CT molecular complexity index is 536. The van der Waals surface area contributed by atoms with Crippen molar-refractivity contribution in [2.24, 2.45) is 11.8 Å². The van der Waals surface area contributed by atoms with E-state index in [-0.39, 0.29) is 11.9 Å². The summed E-state index contributed by atoms with van der Waals surface area (Å²) >= 11 is 7.55. The van der Waals surface area contributed by atoms with Gasteiger partial charge in [-0.1, -0.05) is 25.7 Å². The van der Waals surface area contributed by atoms with Gasteiger partial charge in [0.2, 0.25) is 5.91 Å². The summed E-state index contributed by atoms with van der Waals surface area (Å²) in [4.78, 5) is 12.8. The summed E-state index contributed by atoms with van der Waals surface area (Å²) in [7, 11) is 0. The van der Waals surface area contributed by atoms with Gasteiger partial charge in [-0.2, -0.15) is 0 Å². The molecule has 162 valence electrons. The Balaban J connectivity index is 1.58. The van der Waals surface area contributed by atoms with Crippen molar-refractivity contribution in [1.82, 2.24) is 10.6 Å². The fraction of sp³-hybridized carbons (Fsp3) is 0.947. The molecule has 0 spiro atoms. The molecule has 0 radical (unpaired) electrons. The van der Waals surface area contributed by atoms with Gasteiger partial charge in [-0.25, -0.2) is 0 Å². The van der Waals surface area contributed by atoms with E-state index in [9.17, 15) is 20.1 Å². The summed E-state index contributed by atoms with van der Waals surface area (Å²) in [5.41, 5.74) is -0.699. The zero-order valence-electron chi connectivity index (χ0n) is 16.5. The molecule has 3 rings (SSSR count). The summed E-state index contributed by atoms with van der Waals surface area (Å²) in [6, 6.07) is -0.944. The van der Waals surface area contributed by atoms with E-state index in [1.54, 1.807) is 13.2 Å². The first-order chi connectivity index (χ1) is 13.3. The van der Waals surface area contributed by atoms with Crippen molar-refractivity contribution in [3.8, 4) is 0 Å². The number of alkyl halides is 1. The maximum absolute atomic E-state index is 12.8. The summed E-state index contributed by atoms with van der Waals surface area (Å²) in [6.45, 7) is 2.56. The molecule has 0 aromatic carbocycles. The van der Waals surface area contributed by atoms with Crippen LogP contribution < -0.4 is 10.6 Å². The van der Waals surface area contributed by atoms with Crippen LogP contribution in [0.3, 0.4) is 0 Å². The van der Waals surface area contributed by atoms with Crippen molar-refractivity contribution in [3.63, 3.8) is 0 Å². The lowest BCUT2D eigenvalue weighted by atomic mass is 9.85. The molecule has 1 amide bonds. The Morgan fingerprint density at radius 2 is 1.96 bits per heavy atom. The molecule has 0 aromatic rings. The average Bonchev–Trinajstić information content (AvgIpc) is 3.45. The lowest BCUT2D eigenvalue weighted by Gasteiger charge is -2.45. The number of aliphatic hydroxyl groups excluding tert-OH is 3. The van der Waals surface area contributed by atoms with Gasteiger partial charge in [0, 0.05) is 6.54 Å². The molecule has 7 nitrogen and oxygen atoms in total. The van der Waals surface area contributed by atoms with Gasteiger partial charge in [0.25, 0.3) is 0 Å². The number of carbonyl (C=O) groups excluding carboxylic acids is 1. The quantitative estimate of drug-likeness (QED) is 0.333. The fourth-order valence-electron chi connectivity index (χ4n) is 4.13. The molecule has 3 fully saturated rings. The number of rotatable bonds is 9. The zero-order chi connectivity index (χ0) is 20.4. The average molecular weight is 437 g/mol. The minimum atomic E-state index is -1.36. The normalized spacial score (nSPS) is 40.4. The Morgan fingerprint density at radius 1 is 1.25 bits per heavy atom. The van der Waals surface area contributed by atoms with Crippen LogP contribution in [0.4, 0.5) is 0 Å². The van der Waals surface area contributed by atoms with Gasteiger partial charge in [-0.05, 0) is 31.4 Å². The Kier molecular flexibility index (Phi) is 7.92. The summed E-state index contributed by atoms with van der Waals surface area (Å²) in [5.74, 6) is 1.06. The second-order valence-electron chi connectivity index (χ2n) is 8.41. The van der Waals surface area contributed by atoms with Crippen LogP contribution in [-0.2, 0) is 9.53 Å². The van der Waals surface area contributed by atoms with Crippen molar-refractivity contribution in [2.75, 3.05) is 12.8 Å². The van der Waals surface area contributed by atoms with Crippen LogP contribution in [0.5, 0.6) is 0 Å². The van der Waals surface area contributed by atoms with E-state index in [1.807, 2.05) is 0 Å². The molecule has 9 atom stereocenters. The molecular weight excluding hydrogens is 404 g/mol. The number of amides is 1. The minimum absolute atomic E-state index is 0.155. The lowest BCUT2D eigenvalue weighted by Crippen LogP contribution is -2.67. The van der Waals surface area contributed by atoms with Gasteiger partial charge in [0.1, 0.15) is 29.9 Å². The molecule has 0 bridgehead atoms. The number of thioether (sulfide) groups is 1. The molecule has 28 heavy (non-hydrogen) atoms. The van der Waals surface area contributed by atoms with Gasteiger partial charge in [0.15, 0.2) is 0 Å². The third kappa shape index (κ3) is 5.14. The summed E-state index contributed by atoms with van der Waals surface area (Å²) in [5, 5.41) is 36.2. The molecule has 2 saturated heterocycles. The molecule has 2 heterocycles. The Morgan fingerprint density at radius 3 is 2.50 bits per heavy atom. The second-order valence-corrected chi connectivity index (χ2v) is 10.0. The SMILES string of the molecule is CS[C@H]1O[C@H]([C@H](NC(=O)[C@H]2NC[C@@H]2CCCC2CC2)[C@H](C)Cl)[C@H](O)[C@H](O)[C@H]1O. The van der Waals surface area contributed by atoms with Crippen LogP contribution in [-0.4, -0.2) is 81.3 Å². The molecule has 5 N–H and O–H groups in total. The fourth-order valence-corrected chi connectivity index (χ4v) is 5.02. The number of carbonyl (C=O) groups is 1. The Hall–Kier alpha value is -0.0900. The van der Waals surface area contributed by atoms with Crippen LogP contribution in [0.1, 0.15) is 39.0 Å². The number of hydrogen-bond donors (Lipinski definition) is 5. The topological polar surface area (TPSA) is 111 Å². The first-order valence-electron chi connectivity index (χ1n) is 10.2. The lowest BCUT2D eigenvalue weighted by molar-refractivity contribution is -0.205. The van der Waals surface area contributed by atoms with Crippen molar-refractivity contribution >= 4 is 29.3 Å². The standard InChI is InChI=1S/C19H33ClN2O5S/c1-9(20)12(17-15(24)14(23)16(25)19(27-17)28-2)22-18(26)13-11(8-21-13)5-3-4-10-6-7-10/h9-17,19,21,23-25H,3-8H2,1-2H3,(H,22,26)/t9-,11-,12+,13-,14-,15+,16+,17+,19+/m0/s1. The number of hydrogen-bond acceptors (Lipinski definition) is 7. The predicted octanol–water partition coefficient (Wildman–Crippen LogP) is 0.437. The highest BCUT2D eigenvalue weighted by Crippen LogP contribution is 2.35. The molecule has 9 heteroatoms. The van der Waals surface area contributed by atoms with Gasteiger partial charge >= 0.3 is 0 Å². The van der Waals surface area contributed by atoms with Crippen molar-refractivity contribution in [3.05, 3.63) is 0 Å². The largest absolute Gasteiger partial charge is 0.388 e. The maximum atomic E-state index is 12.8. The van der Waals surface area contributed by atoms with Crippen LogP contribution in [0.15, 0.2) is 0 Å². The smallest absolute Gasteiger partial charge is 0.237 e. The molecule has 1 aliphatic carbocycles. The van der Waals surface area contributed by atoms with E-state index in [2.05, 4.69) is 10.6 Å². The van der Waals surface area contributed by atoms with E-state index < -0.39 is 41.3 Å². The second kappa shape index (κ2) is 9.81. The third-order valence-electron chi connectivity index (χ3n) is 6.23. The third-order valence-corrected chi connectivity index (χ3v) is 7.36. The highest BCUT2D eigenvalue weighted by Gasteiger charge is 2.48. The first kappa shape index (κ1) is 22.6. The van der Waals surface area contributed by atoms with E-state index >= 15 is 0 Å². The van der Waals surface area contributed by atoms with Gasteiger partial charge < -0.3 is 30.7 Å². The van der Waals surface area contributed by atoms with Crippen LogP contribution in [0.25, 0.3) is 0 Å². The van der Waals surface area contributed by atoms with E-state index in [0.29, 0.717) is 5.92 Å². The summed E-state index contributed by atoms with van der Waals surface area (Å²) < 4.78 is 5.79. The summed E-state index contributed by atoms with van der Waals surface area (Å²) in [6.07, 6.45) is 3.09. The zero-order valence-corrected chi connectivity index (χ0v) is 18.0. The first-order valence-corrected chi connectivity index (χ1v) is 12.0. The van der Waals surface area contributed by atoms with Crippen LogP contribution in [0, 0.1) is 11.8 Å². The van der Waals surface area contributed by atoms with Crippen molar-refractivity contribution in [2.45, 2.75) is 86.3 Å². The number of nitrogens with one attached hydrogen (secondary N) is 2. The molecular formula is C19H33ClN2O5S. The minimum Gasteiger partial charge on any atom is -0.388 e.